The molecule has 6 heteroatoms. The van der Waals surface area contributed by atoms with Crippen molar-refractivity contribution < 1.29 is 26.8 Å². The molecule has 0 aliphatic carbocycles. The van der Waals surface area contributed by atoms with Crippen LogP contribution in [0.4, 0.5) is 0 Å². The van der Waals surface area contributed by atoms with Gasteiger partial charge >= 0.3 is 5.97 Å². The lowest BCUT2D eigenvalue weighted by Crippen LogP contribution is -3.00. The van der Waals surface area contributed by atoms with Gasteiger partial charge in [-0.1, -0.05) is 6.92 Å². The van der Waals surface area contributed by atoms with Crippen LogP contribution in [0.15, 0.2) is 0 Å². The van der Waals surface area contributed by atoms with Crippen molar-refractivity contribution in [3.8, 4) is 0 Å². The monoisotopic (exact) mass is 260 g/mol. The molecule has 1 atom stereocenters. The zero-order valence-corrected chi connectivity index (χ0v) is 11.4. The number of nitrogens with one attached hydrogen (secondary N) is 1. The molecule has 0 spiro atoms. The number of hydrogen-bond donors (Lipinski definition) is 2. The minimum atomic E-state index is -0.737. The second-order valence-corrected chi connectivity index (χ2v) is 4.33. The third-order valence-electron chi connectivity index (χ3n) is 1.68. The van der Waals surface area contributed by atoms with Gasteiger partial charge < -0.3 is 27.3 Å². The maximum Gasteiger partial charge on any atom is 0.305 e. The first kappa shape index (κ1) is 20.4. The van der Waals surface area contributed by atoms with Crippen molar-refractivity contribution in [2.24, 2.45) is 0 Å². The number of hydrogen-bond acceptors (Lipinski definition) is 2. The average Bonchev–Trinajstić information content (AvgIpc) is 1.81. The van der Waals surface area contributed by atoms with Gasteiger partial charge in [0.05, 0.1) is 40.2 Å². The lowest BCUT2D eigenvalue weighted by atomic mass is 10.2. The van der Waals surface area contributed by atoms with Gasteiger partial charge in [-0.05, 0) is 6.54 Å². The summed E-state index contributed by atoms with van der Waals surface area (Å²) in [5, 5.41) is 11.8. The molecule has 15 heavy (non-hydrogen) atoms. The summed E-state index contributed by atoms with van der Waals surface area (Å²) in [4.78, 5) is 10.5. The summed E-state index contributed by atoms with van der Waals surface area (Å²) in [5.41, 5.74) is 0. The molecule has 0 aromatic heterocycles. The minimum absolute atomic E-state index is 0. The third kappa shape index (κ3) is 14.0. The second kappa shape index (κ2) is 9.21. The highest BCUT2D eigenvalue weighted by atomic mass is 35.5. The quantitative estimate of drug-likeness (QED) is 0.523. The summed E-state index contributed by atoms with van der Waals surface area (Å²) in [6.45, 7) is 3.64. The van der Waals surface area contributed by atoms with Crippen LogP contribution in [-0.4, -0.2) is 55.8 Å². The number of rotatable bonds is 6. The molecule has 0 heterocycles. The summed E-state index contributed by atoms with van der Waals surface area (Å²) in [7, 11) is 6.19. The smallest absolute Gasteiger partial charge is 0.305 e. The predicted octanol–water partition coefficient (Wildman–Crippen LogP) is -2.43. The van der Waals surface area contributed by atoms with Crippen LogP contribution in [0.2, 0.25) is 0 Å². The maximum absolute atomic E-state index is 10.5. The molecule has 0 fully saturated rings. The molecule has 0 saturated carbocycles. The summed E-state index contributed by atoms with van der Waals surface area (Å²) in [6, 6.07) is 0.0718. The minimum Gasteiger partial charge on any atom is -1.00 e. The standard InChI is InChI=1S/C9H20N2O2.2ClH/c1-5-10-8(6-9(12)13)7-11(2,3)4;;/h8,10H,5-7H2,1-4H3;2*1H/t8-;;/m1../s1. The van der Waals surface area contributed by atoms with Crippen LogP contribution in [0.5, 0.6) is 0 Å². The van der Waals surface area contributed by atoms with Crippen LogP contribution >= 0.6 is 12.4 Å². The van der Waals surface area contributed by atoms with Crippen LogP contribution in [0.25, 0.3) is 0 Å². The predicted molar refractivity (Wildman–Crippen MR) is 59.9 cm³/mol. The van der Waals surface area contributed by atoms with Gasteiger partial charge in [0.1, 0.15) is 0 Å². The molecule has 0 radical (unpaired) electrons. The van der Waals surface area contributed by atoms with Gasteiger partial charge in [-0.15, -0.1) is 12.4 Å². The SMILES string of the molecule is CCN[C@H](CC(=O)O)C[N+](C)(C)C.Cl.[Cl-]. The number of likely N-dealkylation sites (N-methyl/N-ethyl adjacent to an activating group) is 2. The first-order valence-electron chi connectivity index (χ1n) is 4.60. The van der Waals surface area contributed by atoms with Gasteiger partial charge in [0.2, 0.25) is 0 Å². The van der Waals surface area contributed by atoms with Gasteiger partial charge in [-0.25, -0.2) is 0 Å². The van der Waals surface area contributed by atoms with Crippen molar-refractivity contribution in [2.45, 2.75) is 19.4 Å². The van der Waals surface area contributed by atoms with Gasteiger partial charge in [0.25, 0.3) is 0 Å². The number of halogens is 2. The topological polar surface area (TPSA) is 49.3 Å². The van der Waals surface area contributed by atoms with E-state index in [9.17, 15) is 4.79 Å². The Hall–Kier alpha value is -0.0300. The molecular weight excluding hydrogens is 239 g/mol. The van der Waals surface area contributed by atoms with Crippen LogP contribution < -0.4 is 17.7 Å². The van der Waals surface area contributed by atoms with E-state index in [2.05, 4.69) is 26.5 Å². The molecule has 0 saturated heterocycles. The van der Waals surface area contributed by atoms with Crippen molar-refractivity contribution in [3.05, 3.63) is 0 Å². The Balaban J connectivity index is -0.000000720. The van der Waals surface area contributed by atoms with E-state index in [1.807, 2.05) is 6.92 Å². The fourth-order valence-electron chi connectivity index (χ4n) is 1.36. The van der Waals surface area contributed by atoms with Gasteiger partial charge in [-0.2, -0.15) is 0 Å². The summed E-state index contributed by atoms with van der Waals surface area (Å²) >= 11 is 0. The molecule has 94 valence electrons. The van der Waals surface area contributed by atoms with E-state index in [1.165, 1.54) is 0 Å². The molecule has 0 aliphatic heterocycles. The lowest BCUT2D eigenvalue weighted by Gasteiger charge is -2.28. The van der Waals surface area contributed by atoms with Crippen molar-refractivity contribution in [3.63, 3.8) is 0 Å². The van der Waals surface area contributed by atoms with Crippen molar-refractivity contribution in [2.75, 3.05) is 34.2 Å². The molecule has 0 aliphatic rings. The molecule has 0 aromatic rings. The highest BCUT2D eigenvalue weighted by molar-refractivity contribution is 5.85. The average molecular weight is 261 g/mol. The van der Waals surface area contributed by atoms with Crippen LogP contribution in [-0.2, 0) is 4.79 Å². The Labute approximate surface area is 104 Å². The first-order valence-corrected chi connectivity index (χ1v) is 4.60. The van der Waals surface area contributed by atoms with E-state index in [4.69, 9.17) is 5.11 Å². The Morgan fingerprint density at radius 1 is 1.40 bits per heavy atom. The van der Waals surface area contributed by atoms with E-state index in [-0.39, 0.29) is 37.3 Å². The Bertz CT molecular complexity index is 172. The Morgan fingerprint density at radius 3 is 2.13 bits per heavy atom. The largest absolute Gasteiger partial charge is 1.00 e. The zero-order chi connectivity index (χ0) is 10.5. The van der Waals surface area contributed by atoms with Crippen molar-refractivity contribution >= 4 is 18.4 Å². The Morgan fingerprint density at radius 2 is 1.87 bits per heavy atom. The van der Waals surface area contributed by atoms with E-state index in [1.54, 1.807) is 0 Å². The number of carboxylic acid groups (broad SMARTS) is 1. The molecule has 0 bridgehead atoms. The fraction of sp³-hybridized carbons (Fsp3) is 0.889. The molecule has 0 aromatic carbocycles. The number of nitrogens with zero attached hydrogens (tertiary/aromatic N) is 1. The van der Waals surface area contributed by atoms with Gasteiger partial charge in [0, 0.05) is 0 Å². The van der Waals surface area contributed by atoms with E-state index in [0.717, 1.165) is 17.6 Å². The zero-order valence-electron chi connectivity index (χ0n) is 9.79. The summed E-state index contributed by atoms with van der Waals surface area (Å²) in [6.07, 6.45) is 0.198. The third-order valence-corrected chi connectivity index (χ3v) is 1.68. The van der Waals surface area contributed by atoms with Gasteiger partial charge in [0.15, 0.2) is 0 Å². The maximum atomic E-state index is 10.5. The summed E-state index contributed by atoms with van der Waals surface area (Å²) in [5.74, 6) is -0.737. The highest BCUT2D eigenvalue weighted by Gasteiger charge is 2.19. The second-order valence-electron chi connectivity index (χ2n) is 4.33. The van der Waals surface area contributed by atoms with Crippen LogP contribution in [0.3, 0.4) is 0 Å². The lowest BCUT2D eigenvalue weighted by molar-refractivity contribution is -0.871. The summed E-state index contributed by atoms with van der Waals surface area (Å²) < 4.78 is 0.783. The highest BCUT2D eigenvalue weighted by Crippen LogP contribution is 1.99. The van der Waals surface area contributed by atoms with Gasteiger partial charge in [-0.3, -0.25) is 4.79 Å². The molecular formula is C9H22Cl2N2O2. The number of carbonyl (C=O) groups is 1. The number of quaternary nitrogens is 1. The molecule has 0 amide bonds. The van der Waals surface area contributed by atoms with E-state index in [0.29, 0.717) is 0 Å². The molecule has 2 N–H and O–H groups in total. The normalized spacial score (nSPS) is 12.3. The van der Waals surface area contributed by atoms with Crippen molar-refractivity contribution in [1.82, 2.24) is 5.32 Å². The molecule has 4 nitrogen and oxygen atoms in total. The Kier molecular flexibility index (Phi) is 12.5. The number of aliphatic carboxylic acids is 1. The van der Waals surface area contributed by atoms with Crippen LogP contribution in [0, 0.1) is 0 Å². The van der Waals surface area contributed by atoms with E-state index >= 15 is 0 Å². The van der Waals surface area contributed by atoms with Crippen molar-refractivity contribution in [1.29, 1.82) is 0 Å². The fourth-order valence-corrected chi connectivity index (χ4v) is 1.36. The van der Waals surface area contributed by atoms with Crippen LogP contribution in [0.1, 0.15) is 13.3 Å². The number of carboxylic acids is 1. The van der Waals surface area contributed by atoms with E-state index < -0.39 is 5.97 Å². The molecule has 0 rings (SSSR count). The molecule has 0 unspecified atom stereocenters. The first-order chi connectivity index (χ1) is 5.85.